The van der Waals surface area contributed by atoms with Crippen molar-refractivity contribution in [3.8, 4) is 5.75 Å². The van der Waals surface area contributed by atoms with Crippen molar-refractivity contribution < 1.29 is 14.3 Å². The predicted octanol–water partition coefficient (Wildman–Crippen LogP) is 3.18. The fourth-order valence-electron chi connectivity index (χ4n) is 3.01. The Labute approximate surface area is 153 Å². The topological polar surface area (TPSA) is 70.7 Å². The van der Waals surface area contributed by atoms with Gasteiger partial charge in [0.15, 0.2) is 0 Å². The molecule has 0 aromatic heterocycles. The number of aryl methyl sites for hydroxylation is 1. The number of carbonyl (C=O) groups is 2. The van der Waals surface area contributed by atoms with E-state index in [2.05, 4.69) is 17.6 Å². The number of hydrogen-bond acceptors (Lipinski definition) is 3. The Morgan fingerprint density at radius 2 is 2.00 bits per heavy atom. The maximum absolute atomic E-state index is 12.3. The molecule has 0 radical (unpaired) electrons. The highest BCUT2D eigenvalue weighted by Gasteiger charge is 2.31. The lowest BCUT2D eigenvalue weighted by Crippen LogP contribution is -2.39. The van der Waals surface area contributed by atoms with Crippen LogP contribution in [0.2, 0.25) is 0 Å². The van der Waals surface area contributed by atoms with E-state index < -0.39 is 0 Å². The van der Waals surface area contributed by atoms with Gasteiger partial charge in [-0.1, -0.05) is 25.1 Å². The highest BCUT2D eigenvalue weighted by atomic mass is 16.5. The normalized spacial score (nSPS) is 16.5. The number of urea groups is 1. The van der Waals surface area contributed by atoms with Crippen LogP contribution in [0.15, 0.2) is 48.5 Å². The van der Waals surface area contributed by atoms with Crippen molar-refractivity contribution in [1.29, 1.82) is 0 Å². The van der Waals surface area contributed by atoms with Crippen molar-refractivity contribution in [2.24, 2.45) is 0 Å². The number of nitrogens with one attached hydrogen (secondary N) is 2. The molecule has 6 heteroatoms. The average Bonchev–Trinajstić information content (AvgIpc) is 3.02. The van der Waals surface area contributed by atoms with E-state index in [0.717, 1.165) is 17.8 Å². The van der Waals surface area contributed by atoms with Crippen molar-refractivity contribution in [3.05, 3.63) is 54.1 Å². The van der Waals surface area contributed by atoms with Crippen molar-refractivity contribution in [3.63, 3.8) is 0 Å². The number of benzene rings is 2. The number of nitrogens with zero attached hydrogens (tertiary/aromatic N) is 1. The highest BCUT2D eigenvalue weighted by molar-refractivity contribution is 5.97. The predicted molar refractivity (Wildman–Crippen MR) is 102 cm³/mol. The summed E-state index contributed by atoms with van der Waals surface area (Å²) in [7, 11) is 1.59. The van der Waals surface area contributed by atoms with Crippen molar-refractivity contribution in [2.45, 2.75) is 25.8 Å². The Morgan fingerprint density at radius 3 is 2.69 bits per heavy atom. The lowest BCUT2D eigenvalue weighted by Gasteiger charge is -2.18. The molecule has 1 atom stereocenters. The molecule has 0 aliphatic carbocycles. The summed E-state index contributed by atoms with van der Waals surface area (Å²) in [5.74, 6) is 0.677. The second kappa shape index (κ2) is 7.91. The van der Waals surface area contributed by atoms with Crippen LogP contribution in [0.1, 0.15) is 18.9 Å². The van der Waals surface area contributed by atoms with E-state index in [1.165, 1.54) is 5.56 Å². The fourth-order valence-corrected chi connectivity index (χ4v) is 3.01. The van der Waals surface area contributed by atoms with Crippen LogP contribution in [0.25, 0.3) is 0 Å². The van der Waals surface area contributed by atoms with Gasteiger partial charge in [-0.3, -0.25) is 4.79 Å². The largest absolute Gasteiger partial charge is 0.497 e. The summed E-state index contributed by atoms with van der Waals surface area (Å²) in [5, 5.41) is 5.68. The Balaban J connectivity index is 1.58. The molecule has 0 saturated carbocycles. The van der Waals surface area contributed by atoms with Gasteiger partial charge in [0.2, 0.25) is 5.91 Å². The van der Waals surface area contributed by atoms with Gasteiger partial charge in [0.05, 0.1) is 13.2 Å². The van der Waals surface area contributed by atoms with E-state index in [1.54, 1.807) is 12.0 Å². The zero-order chi connectivity index (χ0) is 18.5. The molecular weight excluding hydrogens is 330 g/mol. The first-order chi connectivity index (χ1) is 12.6. The number of carbonyl (C=O) groups excluding carboxylic acids is 2. The van der Waals surface area contributed by atoms with Crippen LogP contribution in [-0.4, -0.2) is 31.6 Å². The minimum absolute atomic E-state index is 0.0177. The number of methoxy groups -OCH3 is 1. The summed E-state index contributed by atoms with van der Waals surface area (Å²) in [6.45, 7) is 2.52. The Bertz CT molecular complexity index is 789. The summed E-state index contributed by atoms with van der Waals surface area (Å²) in [4.78, 5) is 26.2. The van der Waals surface area contributed by atoms with Gasteiger partial charge in [-0.2, -0.15) is 0 Å². The van der Waals surface area contributed by atoms with Crippen LogP contribution in [-0.2, 0) is 11.2 Å². The fraction of sp³-hybridized carbons (Fsp3) is 0.300. The van der Waals surface area contributed by atoms with Crippen molar-refractivity contribution in [2.75, 3.05) is 23.9 Å². The third-order valence-electron chi connectivity index (χ3n) is 4.45. The minimum atomic E-state index is -0.306. The van der Waals surface area contributed by atoms with E-state index in [4.69, 9.17) is 4.74 Å². The second-order valence-corrected chi connectivity index (χ2v) is 6.26. The number of rotatable bonds is 5. The summed E-state index contributed by atoms with van der Waals surface area (Å²) in [6, 6.07) is 14.5. The van der Waals surface area contributed by atoms with E-state index in [1.807, 2.05) is 48.5 Å². The molecule has 2 N–H and O–H groups in total. The van der Waals surface area contributed by atoms with Crippen LogP contribution >= 0.6 is 0 Å². The van der Waals surface area contributed by atoms with Gasteiger partial charge < -0.3 is 20.3 Å². The summed E-state index contributed by atoms with van der Waals surface area (Å²) in [5.41, 5.74) is 2.72. The molecule has 136 valence electrons. The van der Waals surface area contributed by atoms with Gasteiger partial charge in [0.1, 0.15) is 5.75 Å². The quantitative estimate of drug-likeness (QED) is 0.867. The standard InChI is InChI=1S/C20H23N3O3/c1-3-14-7-9-15(10-8-14)21-20(25)22-16-11-19(24)23(13-16)17-5-4-6-18(12-17)26-2/h4-10,12,16H,3,11,13H2,1-2H3,(H2,21,22,25). The van der Waals surface area contributed by atoms with Crippen LogP contribution in [0.4, 0.5) is 16.2 Å². The Morgan fingerprint density at radius 1 is 1.23 bits per heavy atom. The molecule has 1 aliphatic heterocycles. The third-order valence-corrected chi connectivity index (χ3v) is 4.45. The SMILES string of the molecule is CCc1ccc(NC(=O)NC2CC(=O)N(c3cccc(OC)c3)C2)cc1. The van der Waals surface area contributed by atoms with Gasteiger partial charge in [-0.25, -0.2) is 4.79 Å². The van der Waals surface area contributed by atoms with E-state index in [9.17, 15) is 9.59 Å². The molecule has 1 unspecified atom stereocenters. The van der Waals surface area contributed by atoms with E-state index >= 15 is 0 Å². The molecule has 3 rings (SSSR count). The average molecular weight is 353 g/mol. The monoisotopic (exact) mass is 353 g/mol. The molecule has 2 aromatic rings. The lowest BCUT2D eigenvalue weighted by atomic mass is 10.1. The molecule has 1 saturated heterocycles. The lowest BCUT2D eigenvalue weighted by molar-refractivity contribution is -0.117. The van der Waals surface area contributed by atoms with Crippen LogP contribution in [0, 0.1) is 0 Å². The Hall–Kier alpha value is -3.02. The molecular formula is C20H23N3O3. The molecule has 2 aromatic carbocycles. The molecule has 6 nitrogen and oxygen atoms in total. The molecule has 1 aliphatic rings. The maximum Gasteiger partial charge on any atom is 0.319 e. The summed E-state index contributed by atoms with van der Waals surface area (Å²) in [6.07, 6.45) is 1.23. The first-order valence-electron chi connectivity index (χ1n) is 8.70. The third kappa shape index (κ3) is 4.14. The van der Waals surface area contributed by atoms with Gasteiger partial charge in [-0.05, 0) is 36.2 Å². The number of hydrogen-bond donors (Lipinski definition) is 2. The first-order valence-corrected chi connectivity index (χ1v) is 8.70. The van der Waals surface area contributed by atoms with Crippen molar-refractivity contribution >= 4 is 23.3 Å². The first kappa shape index (κ1) is 17.8. The smallest absolute Gasteiger partial charge is 0.319 e. The highest BCUT2D eigenvalue weighted by Crippen LogP contribution is 2.25. The van der Waals surface area contributed by atoms with Crippen LogP contribution in [0.5, 0.6) is 5.75 Å². The molecule has 1 fully saturated rings. The van der Waals surface area contributed by atoms with Gasteiger partial charge in [0, 0.05) is 30.4 Å². The number of amides is 3. The molecule has 0 spiro atoms. The number of anilines is 2. The molecule has 0 bridgehead atoms. The molecule has 1 heterocycles. The Kier molecular flexibility index (Phi) is 5.41. The van der Waals surface area contributed by atoms with Gasteiger partial charge in [0.25, 0.3) is 0 Å². The summed E-state index contributed by atoms with van der Waals surface area (Å²) >= 11 is 0. The van der Waals surface area contributed by atoms with Crippen molar-refractivity contribution in [1.82, 2.24) is 5.32 Å². The van der Waals surface area contributed by atoms with Crippen LogP contribution in [0.3, 0.4) is 0 Å². The maximum atomic E-state index is 12.3. The second-order valence-electron chi connectivity index (χ2n) is 6.26. The van der Waals surface area contributed by atoms with Gasteiger partial charge in [-0.15, -0.1) is 0 Å². The number of ether oxygens (including phenoxy) is 1. The summed E-state index contributed by atoms with van der Waals surface area (Å²) < 4.78 is 5.21. The molecule has 3 amide bonds. The molecule has 26 heavy (non-hydrogen) atoms. The van der Waals surface area contributed by atoms with Gasteiger partial charge >= 0.3 is 6.03 Å². The zero-order valence-corrected chi connectivity index (χ0v) is 15.0. The van der Waals surface area contributed by atoms with E-state index in [0.29, 0.717) is 12.3 Å². The minimum Gasteiger partial charge on any atom is -0.497 e. The zero-order valence-electron chi connectivity index (χ0n) is 15.0. The van der Waals surface area contributed by atoms with Crippen LogP contribution < -0.4 is 20.3 Å². The van der Waals surface area contributed by atoms with E-state index in [-0.39, 0.29) is 24.4 Å².